The third-order valence-corrected chi connectivity index (χ3v) is 5.51. The van der Waals surface area contributed by atoms with Gasteiger partial charge >= 0.3 is 0 Å². The highest BCUT2D eigenvalue weighted by molar-refractivity contribution is 7.89. The number of halogens is 1. The molecule has 1 aliphatic carbocycles. The van der Waals surface area contributed by atoms with E-state index in [2.05, 4.69) is 0 Å². The van der Waals surface area contributed by atoms with Gasteiger partial charge in [0, 0.05) is 19.1 Å². The number of sulfonamides is 1. The van der Waals surface area contributed by atoms with Crippen LogP contribution in [-0.2, 0) is 10.0 Å². The minimum atomic E-state index is -3.02. The molecule has 6 heteroatoms. The fraction of sp³-hybridized carbons (Fsp3) is 1.00. The second-order valence-electron chi connectivity index (χ2n) is 4.84. The molecule has 2 rings (SSSR count). The van der Waals surface area contributed by atoms with Gasteiger partial charge in [0.2, 0.25) is 10.0 Å². The molecular weight excluding hydrogens is 248 g/mol. The number of nitrogens with two attached hydrogens (primary N) is 1. The predicted octanol–water partition coefficient (Wildman–Crippen LogP) is 0.961. The highest BCUT2D eigenvalue weighted by Crippen LogP contribution is 2.27. The lowest BCUT2D eigenvalue weighted by atomic mass is 10.1. The van der Waals surface area contributed by atoms with Gasteiger partial charge in [0.15, 0.2) is 0 Å². The lowest BCUT2D eigenvalue weighted by molar-refractivity contribution is 0.459. The molecule has 0 spiro atoms. The molecule has 0 aromatic heterocycles. The van der Waals surface area contributed by atoms with Crippen LogP contribution in [0.2, 0.25) is 0 Å². The molecule has 1 atom stereocenters. The van der Waals surface area contributed by atoms with Crippen molar-refractivity contribution >= 4 is 22.4 Å². The van der Waals surface area contributed by atoms with Gasteiger partial charge in [-0.15, -0.1) is 12.4 Å². The van der Waals surface area contributed by atoms with Crippen LogP contribution >= 0.6 is 12.4 Å². The van der Waals surface area contributed by atoms with Crippen LogP contribution in [0.1, 0.15) is 32.1 Å². The smallest absolute Gasteiger partial charge is 0.214 e. The van der Waals surface area contributed by atoms with Gasteiger partial charge in [-0.1, -0.05) is 12.8 Å². The van der Waals surface area contributed by atoms with Crippen molar-refractivity contribution in [3.8, 4) is 0 Å². The highest BCUT2D eigenvalue weighted by atomic mass is 35.5. The van der Waals surface area contributed by atoms with Gasteiger partial charge < -0.3 is 5.73 Å². The van der Waals surface area contributed by atoms with Crippen molar-refractivity contribution in [1.29, 1.82) is 0 Å². The third-order valence-electron chi connectivity index (χ3n) is 3.50. The van der Waals surface area contributed by atoms with Crippen LogP contribution in [0.3, 0.4) is 0 Å². The molecule has 0 bridgehead atoms. The Morgan fingerprint density at radius 1 is 1.19 bits per heavy atom. The van der Waals surface area contributed by atoms with Gasteiger partial charge in [0.05, 0.1) is 5.75 Å². The van der Waals surface area contributed by atoms with Gasteiger partial charge in [-0.2, -0.15) is 0 Å². The predicted molar refractivity (Wildman–Crippen MR) is 67.2 cm³/mol. The summed E-state index contributed by atoms with van der Waals surface area (Å²) in [7, 11) is -3.02. The molecule has 1 saturated carbocycles. The van der Waals surface area contributed by atoms with Crippen molar-refractivity contribution in [2.45, 2.75) is 38.1 Å². The largest absolute Gasteiger partial charge is 0.326 e. The van der Waals surface area contributed by atoms with Crippen molar-refractivity contribution in [2.75, 3.05) is 18.8 Å². The van der Waals surface area contributed by atoms with E-state index >= 15 is 0 Å². The molecule has 0 radical (unpaired) electrons. The van der Waals surface area contributed by atoms with E-state index in [0.29, 0.717) is 24.8 Å². The third kappa shape index (κ3) is 3.32. The minimum Gasteiger partial charge on any atom is -0.326 e. The van der Waals surface area contributed by atoms with Crippen LogP contribution in [-0.4, -0.2) is 37.6 Å². The van der Waals surface area contributed by atoms with E-state index in [-0.39, 0.29) is 18.4 Å². The van der Waals surface area contributed by atoms with E-state index in [1.165, 1.54) is 12.8 Å². The van der Waals surface area contributed by atoms with E-state index in [1.807, 2.05) is 0 Å². The Balaban J connectivity index is 0.00000128. The number of nitrogens with zero attached hydrogens (tertiary/aromatic N) is 1. The normalized spacial score (nSPS) is 28.2. The monoisotopic (exact) mass is 268 g/mol. The van der Waals surface area contributed by atoms with Crippen molar-refractivity contribution in [3.63, 3.8) is 0 Å². The Morgan fingerprint density at radius 3 is 2.31 bits per heavy atom. The van der Waals surface area contributed by atoms with Crippen LogP contribution in [0.5, 0.6) is 0 Å². The fourth-order valence-electron chi connectivity index (χ4n) is 2.59. The minimum absolute atomic E-state index is 0. The van der Waals surface area contributed by atoms with E-state index in [4.69, 9.17) is 5.73 Å². The van der Waals surface area contributed by atoms with E-state index < -0.39 is 10.0 Å². The molecular formula is C10H21ClN2O2S. The summed E-state index contributed by atoms with van der Waals surface area (Å²) in [5.74, 6) is 0.742. The summed E-state index contributed by atoms with van der Waals surface area (Å²) in [6, 6.07) is 0.0448. The van der Waals surface area contributed by atoms with Gasteiger partial charge in [-0.25, -0.2) is 12.7 Å². The average molecular weight is 269 g/mol. The summed E-state index contributed by atoms with van der Waals surface area (Å²) in [4.78, 5) is 0. The molecule has 96 valence electrons. The Kier molecular flexibility index (Phi) is 5.04. The summed E-state index contributed by atoms with van der Waals surface area (Å²) in [6.45, 7) is 1.14. The molecule has 1 heterocycles. The summed E-state index contributed by atoms with van der Waals surface area (Å²) in [6.07, 6.45) is 5.36. The second-order valence-corrected chi connectivity index (χ2v) is 6.85. The maximum Gasteiger partial charge on any atom is 0.214 e. The van der Waals surface area contributed by atoms with Crippen molar-refractivity contribution in [2.24, 2.45) is 11.7 Å². The Labute approximate surface area is 104 Å². The Bertz CT molecular complexity index is 315. The quantitative estimate of drug-likeness (QED) is 0.829. The molecule has 0 aromatic carbocycles. The molecule has 0 aromatic rings. The summed E-state index contributed by atoms with van der Waals surface area (Å²) in [5.41, 5.74) is 5.72. The maximum atomic E-state index is 12.0. The molecule has 0 unspecified atom stereocenters. The first-order chi connectivity index (χ1) is 7.08. The lowest BCUT2D eigenvalue weighted by Crippen LogP contribution is -2.35. The molecule has 2 fully saturated rings. The average Bonchev–Trinajstić information content (AvgIpc) is 2.75. The van der Waals surface area contributed by atoms with Crippen LogP contribution < -0.4 is 5.73 Å². The summed E-state index contributed by atoms with van der Waals surface area (Å²) in [5, 5.41) is 0. The molecule has 1 aliphatic heterocycles. The van der Waals surface area contributed by atoms with Crippen LogP contribution in [0.25, 0.3) is 0 Å². The number of rotatable bonds is 3. The van der Waals surface area contributed by atoms with E-state index in [1.54, 1.807) is 4.31 Å². The van der Waals surface area contributed by atoms with Crippen molar-refractivity contribution < 1.29 is 8.42 Å². The van der Waals surface area contributed by atoms with Crippen LogP contribution in [0.4, 0.5) is 0 Å². The molecule has 1 saturated heterocycles. The van der Waals surface area contributed by atoms with Gasteiger partial charge in [-0.05, 0) is 25.2 Å². The van der Waals surface area contributed by atoms with Crippen molar-refractivity contribution in [1.82, 2.24) is 4.31 Å². The van der Waals surface area contributed by atoms with E-state index in [9.17, 15) is 8.42 Å². The maximum absolute atomic E-state index is 12.0. The Morgan fingerprint density at radius 2 is 1.81 bits per heavy atom. The fourth-order valence-corrected chi connectivity index (χ4v) is 4.53. The Hall–Kier alpha value is 0.160. The number of hydrogen-bond donors (Lipinski definition) is 1. The van der Waals surface area contributed by atoms with Gasteiger partial charge in [0.25, 0.3) is 0 Å². The standard InChI is InChI=1S/C10H20N2O2S.ClH/c11-10-5-6-12(7-10)15(13,14)8-9-3-1-2-4-9;/h9-10H,1-8,11H2;1H/t10-;/m1./s1. The second kappa shape index (κ2) is 5.67. The first-order valence-corrected chi connectivity index (χ1v) is 7.42. The highest BCUT2D eigenvalue weighted by Gasteiger charge is 2.32. The van der Waals surface area contributed by atoms with Crippen LogP contribution in [0.15, 0.2) is 0 Å². The first kappa shape index (κ1) is 14.2. The van der Waals surface area contributed by atoms with Crippen LogP contribution in [0, 0.1) is 5.92 Å². The summed E-state index contributed by atoms with van der Waals surface area (Å²) < 4.78 is 25.6. The van der Waals surface area contributed by atoms with E-state index in [0.717, 1.165) is 19.3 Å². The SMILES string of the molecule is Cl.N[C@@H]1CCN(S(=O)(=O)CC2CCCC2)C1. The molecule has 16 heavy (non-hydrogen) atoms. The molecule has 0 amide bonds. The lowest BCUT2D eigenvalue weighted by Gasteiger charge is -2.18. The molecule has 2 aliphatic rings. The zero-order chi connectivity index (χ0) is 10.9. The first-order valence-electron chi connectivity index (χ1n) is 5.81. The number of hydrogen-bond acceptors (Lipinski definition) is 3. The topological polar surface area (TPSA) is 63.4 Å². The zero-order valence-electron chi connectivity index (χ0n) is 9.47. The van der Waals surface area contributed by atoms with Crippen molar-refractivity contribution in [3.05, 3.63) is 0 Å². The molecule has 2 N–H and O–H groups in total. The zero-order valence-corrected chi connectivity index (χ0v) is 11.1. The van der Waals surface area contributed by atoms with Gasteiger partial charge in [0.1, 0.15) is 0 Å². The molecule has 4 nitrogen and oxygen atoms in total. The summed E-state index contributed by atoms with van der Waals surface area (Å²) >= 11 is 0. The van der Waals surface area contributed by atoms with Gasteiger partial charge in [-0.3, -0.25) is 0 Å².